The largest absolute Gasteiger partial charge is 0.294 e. The zero-order valence-corrected chi connectivity index (χ0v) is 5.75. The summed E-state index contributed by atoms with van der Waals surface area (Å²) in [6, 6.07) is 0. The van der Waals surface area contributed by atoms with Gasteiger partial charge in [-0.1, -0.05) is 6.58 Å². The molecule has 0 saturated carbocycles. The van der Waals surface area contributed by atoms with Crippen molar-refractivity contribution in [2.45, 2.75) is 6.92 Å². The van der Waals surface area contributed by atoms with Crippen molar-refractivity contribution in [2.24, 2.45) is 0 Å². The molecule has 0 aromatic heterocycles. The van der Waals surface area contributed by atoms with Gasteiger partial charge in [0.05, 0.1) is 15.7 Å². The van der Waals surface area contributed by atoms with Crippen molar-refractivity contribution < 1.29 is 9.00 Å². The molecular formula is C5H8O2S. The number of hydrogen-bond acceptors (Lipinski definition) is 2. The fourth-order valence-electron chi connectivity index (χ4n) is 0.202. The standard InChI is InChI=1S/C5H8O2S/c1-4(6)5(2)8(3)7/h2H2,1,3H3. The summed E-state index contributed by atoms with van der Waals surface area (Å²) in [7, 11) is -1.18. The van der Waals surface area contributed by atoms with Crippen LogP contribution in [0.1, 0.15) is 6.92 Å². The molecule has 0 spiro atoms. The van der Waals surface area contributed by atoms with Gasteiger partial charge in [-0.15, -0.1) is 0 Å². The minimum atomic E-state index is -1.18. The molecule has 8 heavy (non-hydrogen) atoms. The van der Waals surface area contributed by atoms with Crippen LogP contribution in [0.2, 0.25) is 0 Å². The second kappa shape index (κ2) is 2.77. The highest BCUT2D eigenvalue weighted by Crippen LogP contribution is 1.94. The molecule has 0 aliphatic carbocycles. The second-order valence-corrected chi connectivity index (χ2v) is 2.83. The zero-order chi connectivity index (χ0) is 6.73. The monoisotopic (exact) mass is 132 g/mol. The van der Waals surface area contributed by atoms with E-state index < -0.39 is 10.8 Å². The van der Waals surface area contributed by atoms with Crippen molar-refractivity contribution in [3.8, 4) is 0 Å². The summed E-state index contributed by atoms with van der Waals surface area (Å²) in [6.45, 7) is 4.65. The first kappa shape index (κ1) is 7.56. The van der Waals surface area contributed by atoms with Crippen molar-refractivity contribution in [1.82, 2.24) is 0 Å². The zero-order valence-electron chi connectivity index (χ0n) is 4.93. The molecule has 0 amide bonds. The van der Waals surface area contributed by atoms with Crippen molar-refractivity contribution in [1.29, 1.82) is 0 Å². The lowest BCUT2D eigenvalue weighted by atomic mass is 10.4. The van der Waals surface area contributed by atoms with Gasteiger partial charge >= 0.3 is 0 Å². The Morgan fingerprint density at radius 3 is 2.00 bits per heavy atom. The summed E-state index contributed by atoms with van der Waals surface area (Å²) in [6.07, 6.45) is 1.43. The molecule has 0 aromatic rings. The third-order valence-corrected chi connectivity index (χ3v) is 1.72. The van der Waals surface area contributed by atoms with Crippen LogP contribution in [0.25, 0.3) is 0 Å². The highest BCUT2D eigenvalue weighted by molar-refractivity contribution is 7.89. The normalized spacial score (nSPS) is 12.8. The van der Waals surface area contributed by atoms with Gasteiger partial charge in [-0.25, -0.2) is 0 Å². The first-order valence-electron chi connectivity index (χ1n) is 2.09. The van der Waals surface area contributed by atoms with Crippen LogP contribution in [-0.2, 0) is 15.6 Å². The molecule has 2 nitrogen and oxygen atoms in total. The van der Waals surface area contributed by atoms with Crippen molar-refractivity contribution in [2.75, 3.05) is 6.26 Å². The average molecular weight is 132 g/mol. The average Bonchev–Trinajstić information content (AvgIpc) is 1.64. The summed E-state index contributed by atoms with van der Waals surface area (Å²) in [5.74, 6) is -0.203. The lowest BCUT2D eigenvalue weighted by Gasteiger charge is -1.90. The van der Waals surface area contributed by atoms with E-state index in [1.165, 1.54) is 13.2 Å². The number of allylic oxidation sites excluding steroid dienone is 1. The predicted octanol–water partition coefficient (Wildman–Crippen LogP) is 0.468. The molecule has 0 rings (SSSR count). The topological polar surface area (TPSA) is 34.1 Å². The summed E-state index contributed by atoms with van der Waals surface area (Å²) in [4.78, 5) is 10.5. The number of Topliss-reactive ketones (excluding diaryl/α,β-unsaturated/α-hetero) is 1. The Balaban J connectivity index is 4.05. The quantitative estimate of drug-likeness (QED) is 0.512. The first-order valence-corrected chi connectivity index (χ1v) is 3.64. The summed E-state index contributed by atoms with van der Waals surface area (Å²) < 4.78 is 10.4. The Morgan fingerprint density at radius 2 is 2.00 bits per heavy atom. The molecule has 0 bridgehead atoms. The number of carbonyl (C=O) groups is 1. The number of rotatable bonds is 2. The lowest BCUT2D eigenvalue weighted by molar-refractivity contribution is -0.112. The van der Waals surface area contributed by atoms with Gasteiger partial charge in [0.15, 0.2) is 5.78 Å². The fourth-order valence-corrected chi connectivity index (χ4v) is 0.607. The maximum absolute atomic E-state index is 10.4. The van der Waals surface area contributed by atoms with E-state index in [9.17, 15) is 9.00 Å². The Morgan fingerprint density at radius 1 is 1.62 bits per heavy atom. The smallest absolute Gasteiger partial charge is 0.168 e. The molecule has 0 heterocycles. The fraction of sp³-hybridized carbons (Fsp3) is 0.400. The lowest BCUT2D eigenvalue weighted by Crippen LogP contribution is -1.99. The Labute approximate surface area is 51.0 Å². The van der Waals surface area contributed by atoms with Crippen LogP contribution in [0.3, 0.4) is 0 Å². The van der Waals surface area contributed by atoms with E-state index >= 15 is 0 Å². The second-order valence-electron chi connectivity index (χ2n) is 1.43. The first-order chi connectivity index (χ1) is 3.55. The predicted molar refractivity (Wildman–Crippen MR) is 33.9 cm³/mol. The number of ketones is 1. The van der Waals surface area contributed by atoms with Gasteiger partial charge in [-0.3, -0.25) is 9.00 Å². The number of carbonyl (C=O) groups excluding carboxylic acids is 1. The van der Waals surface area contributed by atoms with Crippen molar-refractivity contribution >= 4 is 16.6 Å². The number of hydrogen-bond donors (Lipinski definition) is 0. The van der Waals surface area contributed by atoms with Crippen LogP contribution in [0.4, 0.5) is 0 Å². The van der Waals surface area contributed by atoms with E-state index in [4.69, 9.17) is 0 Å². The van der Waals surface area contributed by atoms with Gasteiger partial charge in [0.1, 0.15) is 0 Å². The van der Waals surface area contributed by atoms with Gasteiger partial charge in [0, 0.05) is 6.26 Å². The van der Waals surface area contributed by atoms with Gasteiger partial charge in [0.25, 0.3) is 0 Å². The SMILES string of the molecule is C=C(C(C)=O)S(C)=O. The molecule has 1 atom stereocenters. The van der Waals surface area contributed by atoms with E-state index in [0.717, 1.165) is 0 Å². The third-order valence-electron chi connectivity index (χ3n) is 0.740. The molecule has 0 aliphatic rings. The molecule has 46 valence electrons. The highest BCUT2D eigenvalue weighted by atomic mass is 32.2. The summed E-state index contributed by atoms with van der Waals surface area (Å²) in [5, 5.41) is 0. The Kier molecular flexibility index (Phi) is 2.62. The Hall–Kier alpha value is -0.440. The molecule has 0 N–H and O–H groups in total. The van der Waals surface area contributed by atoms with Crippen LogP contribution in [0.5, 0.6) is 0 Å². The molecule has 0 radical (unpaired) electrons. The van der Waals surface area contributed by atoms with Crippen LogP contribution < -0.4 is 0 Å². The van der Waals surface area contributed by atoms with Crippen LogP contribution in [0, 0.1) is 0 Å². The molecule has 3 heteroatoms. The van der Waals surface area contributed by atoms with Crippen LogP contribution in [-0.4, -0.2) is 16.2 Å². The van der Waals surface area contributed by atoms with E-state index in [2.05, 4.69) is 6.58 Å². The van der Waals surface area contributed by atoms with Gasteiger partial charge in [-0.05, 0) is 6.92 Å². The van der Waals surface area contributed by atoms with Gasteiger partial charge < -0.3 is 0 Å². The molecule has 0 saturated heterocycles. The molecular weight excluding hydrogens is 124 g/mol. The van der Waals surface area contributed by atoms with Gasteiger partial charge in [0.2, 0.25) is 0 Å². The third kappa shape index (κ3) is 2.02. The van der Waals surface area contributed by atoms with Crippen molar-refractivity contribution in [3.05, 3.63) is 11.5 Å². The minimum absolute atomic E-state index is 0.185. The maximum atomic E-state index is 10.4. The summed E-state index contributed by atoms with van der Waals surface area (Å²) >= 11 is 0. The van der Waals surface area contributed by atoms with E-state index in [1.54, 1.807) is 0 Å². The van der Waals surface area contributed by atoms with Crippen molar-refractivity contribution in [3.63, 3.8) is 0 Å². The minimum Gasteiger partial charge on any atom is -0.294 e. The van der Waals surface area contributed by atoms with E-state index in [1.807, 2.05) is 0 Å². The maximum Gasteiger partial charge on any atom is 0.168 e. The molecule has 0 fully saturated rings. The molecule has 0 aliphatic heterocycles. The van der Waals surface area contributed by atoms with Crippen LogP contribution >= 0.6 is 0 Å². The van der Waals surface area contributed by atoms with E-state index in [-0.39, 0.29) is 10.7 Å². The summed E-state index contributed by atoms with van der Waals surface area (Å²) in [5.41, 5.74) is 0. The highest BCUT2D eigenvalue weighted by Gasteiger charge is 2.01. The molecule has 0 aromatic carbocycles. The molecule has 1 unspecified atom stereocenters. The van der Waals surface area contributed by atoms with Gasteiger partial charge in [-0.2, -0.15) is 0 Å². The van der Waals surface area contributed by atoms with E-state index in [0.29, 0.717) is 0 Å². The Bertz CT molecular complexity index is 133. The van der Waals surface area contributed by atoms with Crippen LogP contribution in [0.15, 0.2) is 11.5 Å².